The second kappa shape index (κ2) is 7.31. The number of aryl methyl sites for hydroxylation is 1. The summed E-state index contributed by atoms with van der Waals surface area (Å²) in [5.41, 5.74) is 5.33. The summed E-state index contributed by atoms with van der Waals surface area (Å²) in [5.74, 6) is 5.52. The maximum absolute atomic E-state index is 13.5. The van der Waals surface area contributed by atoms with Gasteiger partial charge in [-0.15, -0.1) is 0 Å². The number of benzene rings is 2. The van der Waals surface area contributed by atoms with Crippen molar-refractivity contribution in [3.63, 3.8) is 0 Å². The van der Waals surface area contributed by atoms with Gasteiger partial charge >= 0.3 is 0 Å². The van der Waals surface area contributed by atoms with Crippen LogP contribution in [0.5, 0.6) is 0 Å². The average molecular weight is 288 g/mol. The normalized spacial score (nSPS) is 13.9. The first kappa shape index (κ1) is 15.6. The number of rotatable bonds is 6. The zero-order valence-corrected chi connectivity index (χ0v) is 12.3. The lowest BCUT2D eigenvalue weighted by Gasteiger charge is -2.27. The maximum atomic E-state index is 13.5. The molecule has 0 aliphatic rings. The van der Waals surface area contributed by atoms with Gasteiger partial charge < -0.3 is 4.74 Å². The molecule has 0 radical (unpaired) electrons. The van der Waals surface area contributed by atoms with Crippen LogP contribution < -0.4 is 11.3 Å². The molecular weight excluding hydrogens is 267 g/mol. The van der Waals surface area contributed by atoms with Crippen LogP contribution in [0.2, 0.25) is 0 Å². The average Bonchev–Trinajstić information content (AvgIpc) is 2.51. The standard InChI is InChI=1S/C17H21FN2O/c1-3-21-17(13-7-5-4-6-8-13)16(20-19)14-9-10-15(18)12(2)11-14/h4-11,16-17,20H,3,19H2,1-2H3. The van der Waals surface area contributed by atoms with E-state index in [-0.39, 0.29) is 18.0 Å². The minimum absolute atomic E-state index is 0.220. The van der Waals surface area contributed by atoms with Gasteiger partial charge in [0.2, 0.25) is 0 Å². The van der Waals surface area contributed by atoms with Crippen LogP contribution in [-0.2, 0) is 4.74 Å². The first-order valence-electron chi connectivity index (χ1n) is 7.06. The van der Waals surface area contributed by atoms with Crippen molar-refractivity contribution in [1.29, 1.82) is 0 Å². The molecule has 2 unspecified atom stereocenters. The third-order valence-corrected chi connectivity index (χ3v) is 3.50. The smallest absolute Gasteiger partial charge is 0.126 e. The molecule has 3 nitrogen and oxygen atoms in total. The van der Waals surface area contributed by atoms with Crippen molar-refractivity contribution < 1.29 is 9.13 Å². The van der Waals surface area contributed by atoms with E-state index in [1.807, 2.05) is 37.3 Å². The highest BCUT2D eigenvalue weighted by molar-refractivity contribution is 5.30. The number of hydrogen-bond acceptors (Lipinski definition) is 3. The Kier molecular flexibility index (Phi) is 5.44. The van der Waals surface area contributed by atoms with E-state index in [0.29, 0.717) is 12.2 Å². The zero-order valence-electron chi connectivity index (χ0n) is 12.3. The third-order valence-electron chi connectivity index (χ3n) is 3.50. The number of halogens is 1. The molecule has 0 amide bonds. The van der Waals surface area contributed by atoms with Crippen LogP contribution in [0.1, 0.15) is 35.8 Å². The van der Waals surface area contributed by atoms with Crippen LogP contribution in [0.15, 0.2) is 48.5 Å². The third kappa shape index (κ3) is 3.67. The molecule has 2 atom stereocenters. The SMILES string of the molecule is CCOC(c1ccccc1)C(NN)c1ccc(F)c(C)c1. The molecular formula is C17H21FN2O. The molecule has 0 heterocycles. The fourth-order valence-electron chi connectivity index (χ4n) is 2.43. The molecule has 0 saturated heterocycles. The number of ether oxygens (including phenoxy) is 1. The first-order chi connectivity index (χ1) is 10.2. The monoisotopic (exact) mass is 288 g/mol. The molecule has 2 aromatic rings. The van der Waals surface area contributed by atoms with E-state index < -0.39 is 0 Å². The summed E-state index contributed by atoms with van der Waals surface area (Å²) in [5, 5.41) is 0. The Labute approximate surface area is 124 Å². The highest BCUT2D eigenvalue weighted by Crippen LogP contribution is 2.32. The van der Waals surface area contributed by atoms with Crippen molar-refractivity contribution in [2.75, 3.05) is 6.61 Å². The van der Waals surface area contributed by atoms with E-state index in [4.69, 9.17) is 10.6 Å². The van der Waals surface area contributed by atoms with Gasteiger partial charge in [0.25, 0.3) is 0 Å². The number of hydrogen-bond donors (Lipinski definition) is 2. The molecule has 2 rings (SSSR count). The van der Waals surface area contributed by atoms with E-state index in [1.165, 1.54) is 6.07 Å². The van der Waals surface area contributed by atoms with Crippen molar-refractivity contribution in [3.05, 3.63) is 71.0 Å². The van der Waals surface area contributed by atoms with Gasteiger partial charge in [-0.05, 0) is 36.6 Å². The van der Waals surface area contributed by atoms with Gasteiger partial charge in [0.05, 0.1) is 6.04 Å². The summed E-state index contributed by atoms with van der Waals surface area (Å²) in [4.78, 5) is 0. The molecule has 4 heteroatoms. The number of nitrogens with one attached hydrogen (secondary N) is 1. The molecule has 3 N–H and O–H groups in total. The Morgan fingerprint density at radius 3 is 2.43 bits per heavy atom. The highest BCUT2D eigenvalue weighted by Gasteiger charge is 2.24. The summed E-state index contributed by atoms with van der Waals surface area (Å²) in [6, 6.07) is 14.6. The molecule has 2 aromatic carbocycles. The van der Waals surface area contributed by atoms with Crippen LogP contribution in [0.3, 0.4) is 0 Å². The largest absolute Gasteiger partial charge is 0.372 e. The predicted molar refractivity (Wildman–Crippen MR) is 82.0 cm³/mol. The van der Waals surface area contributed by atoms with Crippen LogP contribution in [-0.4, -0.2) is 6.61 Å². The molecule has 0 bridgehead atoms. The van der Waals surface area contributed by atoms with Crippen LogP contribution in [0.4, 0.5) is 4.39 Å². The molecule has 0 fully saturated rings. The van der Waals surface area contributed by atoms with E-state index in [9.17, 15) is 4.39 Å². The van der Waals surface area contributed by atoms with E-state index >= 15 is 0 Å². The summed E-state index contributed by atoms with van der Waals surface area (Å²) in [6.07, 6.45) is -0.230. The number of nitrogens with two attached hydrogens (primary N) is 1. The van der Waals surface area contributed by atoms with Crippen molar-refractivity contribution in [1.82, 2.24) is 5.43 Å². The summed E-state index contributed by atoms with van der Waals surface area (Å²) >= 11 is 0. The molecule has 21 heavy (non-hydrogen) atoms. The molecule has 0 spiro atoms. The first-order valence-corrected chi connectivity index (χ1v) is 7.06. The maximum Gasteiger partial charge on any atom is 0.126 e. The van der Waals surface area contributed by atoms with Crippen molar-refractivity contribution in [3.8, 4) is 0 Å². The van der Waals surface area contributed by atoms with Gasteiger partial charge in [0.1, 0.15) is 11.9 Å². The Balaban J connectivity index is 2.37. The molecule has 0 saturated carbocycles. The Morgan fingerprint density at radius 2 is 1.86 bits per heavy atom. The minimum Gasteiger partial charge on any atom is -0.372 e. The second-order valence-corrected chi connectivity index (χ2v) is 4.94. The van der Waals surface area contributed by atoms with Gasteiger partial charge in [0, 0.05) is 6.61 Å². The number of hydrazine groups is 1. The quantitative estimate of drug-likeness (QED) is 0.632. The van der Waals surface area contributed by atoms with E-state index in [1.54, 1.807) is 19.1 Å². The fourth-order valence-corrected chi connectivity index (χ4v) is 2.43. The Morgan fingerprint density at radius 1 is 1.14 bits per heavy atom. The second-order valence-electron chi connectivity index (χ2n) is 4.94. The topological polar surface area (TPSA) is 47.3 Å². The molecule has 0 aromatic heterocycles. The lowest BCUT2D eigenvalue weighted by Crippen LogP contribution is -2.34. The van der Waals surface area contributed by atoms with Gasteiger partial charge in [-0.2, -0.15) is 0 Å². The molecule has 0 aliphatic carbocycles. The lowest BCUT2D eigenvalue weighted by atomic mass is 9.95. The lowest BCUT2D eigenvalue weighted by molar-refractivity contribution is 0.0326. The van der Waals surface area contributed by atoms with Gasteiger partial charge in [-0.3, -0.25) is 11.3 Å². The predicted octanol–water partition coefficient (Wildman–Crippen LogP) is 3.42. The van der Waals surface area contributed by atoms with Crippen molar-refractivity contribution in [2.24, 2.45) is 5.84 Å². The van der Waals surface area contributed by atoms with Crippen molar-refractivity contribution in [2.45, 2.75) is 26.0 Å². The van der Waals surface area contributed by atoms with Gasteiger partial charge in [-0.1, -0.05) is 42.5 Å². The molecule has 112 valence electrons. The van der Waals surface area contributed by atoms with Crippen molar-refractivity contribution >= 4 is 0 Å². The summed E-state index contributed by atoms with van der Waals surface area (Å²) in [7, 11) is 0. The molecule has 0 aliphatic heterocycles. The fraction of sp³-hybridized carbons (Fsp3) is 0.294. The zero-order chi connectivity index (χ0) is 15.2. The Hall–Kier alpha value is -1.75. The van der Waals surface area contributed by atoms with E-state index in [0.717, 1.165) is 11.1 Å². The van der Waals surface area contributed by atoms with Gasteiger partial charge in [-0.25, -0.2) is 4.39 Å². The highest BCUT2D eigenvalue weighted by atomic mass is 19.1. The van der Waals surface area contributed by atoms with Crippen LogP contribution >= 0.6 is 0 Å². The summed E-state index contributed by atoms with van der Waals surface area (Å²) in [6.45, 7) is 4.25. The Bertz CT molecular complexity index is 574. The van der Waals surface area contributed by atoms with E-state index in [2.05, 4.69) is 5.43 Å². The minimum atomic E-state index is -0.244. The van der Waals surface area contributed by atoms with Crippen LogP contribution in [0, 0.1) is 12.7 Å². The summed E-state index contributed by atoms with van der Waals surface area (Å²) < 4.78 is 19.3. The van der Waals surface area contributed by atoms with Crippen LogP contribution in [0.25, 0.3) is 0 Å². The van der Waals surface area contributed by atoms with Gasteiger partial charge in [0.15, 0.2) is 0 Å².